The van der Waals surface area contributed by atoms with Crippen LogP contribution in [0.25, 0.3) is 16.7 Å². The van der Waals surface area contributed by atoms with Crippen molar-refractivity contribution in [1.29, 1.82) is 0 Å². The third-order valence-corrected chi connectivity index (χ3v) is 5.44. The molecule has 4 rings (SSSR count). The van der Waals surface area contributed by atoms with Gasteiger partial charge in [-0.05, 0) is 75.1 Å². The standard InChI is InChI=1S/C27H28N6O3/c1-5-24(34)29-20-7-6-8-21(16-20)33-25(35)15-18(2)23-17-28-27(31-26(23)33)30-19-9-11-22(12-10-19)36-14-13-32(3)4/h5-12,15-17H,1,13-14H2,2-4H3,(H,29,34)(H,28,30,31). The Bertz CT molecular complexity index is 1460. The van der Waals surface area contributed by atoms with Gasteiger partial charge in [0.1, 0.15) is 12.4 Å². The molecule has 9 heteroatoms. The predicted octanol–water partition coefficient (Wildman–Crippen LogP) is 3.90. The SMILES string of the molecule is C=CC(=O)Nc1cccc(-n2c(=O)cc(C)c3cnc(Nc4ccc(OCCN(C)C)cc4)nc32)c1. The van der Waals surface area contributed by atoms with Crippen molar-refractivity contribution in [2.24, 2.45) is 0 Å². The van der Waals surface area contributed by atoms with Gasteiger partial charge >= 0.3 is 0 Å². The van der Waals surface area contributed by atoms with Gasteiger partial charge in [-0.3, -0.25) is 14.2 Å². The first-order chi connectivity index (χ1) is 17.3. The zero-order valence-electron chi connectivity index (χ0n) is 20.5. The van der Waals surface area contributed by atoms with Crippen LogP contribution >= 0.6 is 0 Å². The number of anilines is 3. The summed E-state index contributed by atoms with van der Waals surface area (Å²) in [6.45, 7) is 6.75. The van der Waals surface area contributed by atoms with Crippen molar-refractivity contribution in [3.05, 3.63) is 89.4 Å². The average molecular weight is 485 g/mol. The fraction of sp³-hybridized carbons (Fsp3) is 0.185. The van der Waals surface area contributed by atoms with Gasteiger partial charge in [-0.15, -0.1) is 0 Å². The fourth-order valence-corrected chi connectivity index (χ4v) is 3.59. The van der Waals surface area contributed by atoms with Crippen molar-refractivity contribution in [1.82, 2.24) is 19.4 Å². The summed E-state index contributed by atoms with van der Waals surface area (Å²) in [5.74, 6) is 0.782. The molecule has 2 N–H and O–H groups in total. The summed E-state index contributed by atoms with van der Waals surface area (Å²) in [4.78, 5) is 35.9. The number of hydrogen-bond donors (Lipinski definition) is 2. The van der Waals surface area contributed by atoms with Crippen LogP contribution in [0.2, 0.25) is 0 Å². The first-order valence-corrected chi connectivity index (χ1v) is 11.4. The van der Waals surface area contributed by atoms with E-state index in [4.69, 9.17) is 4.74 Å². The maximum Gasteiger partial charge on any atom is 0.257 e. The number of nitrogens with zero attached hydrogens (tertiary/aromatic N) is 4. The Labute approximate surface area is 209 Å². The fourth-order valence-electron chi connectivity index (χ4n) is 3.59. The predicted molar refractivity (Wildman–Crippen MR) is 142 cm³/mol. The number of amides is 1. The number of fused-ring (bicyclic) bond motifs is 1. The van der Waals surface area contributed by atoms with Gasteiger partial charge in [0.05, 0.1) is 5.69 Å². The van der Waals surface area contributed by atoms with Crippen LogP contribution < -0.4 is 20.9 Å². The third kappa shape index (κ3) is 5.76. The van der Waals surface area contributed by atoms with Gasteiger partial charge in [0.15, 0.2) is 5.65 Å². The summed E-state index contributed by atoms with van der Waals surface area (Å²) in [6, 6.07) is 16.1. The molecule has 0 fully saturated rings. The van der Waals surface area contributed by atoms with Gasteiger partial charge in [0, 0.05) is 35.6 Å². The molecule has 0 saturated heterocycles. The van der Waals surface area contributed by atoms with Crippen molar-refractivity contribution >= 4 is 34.3 Å². The van der Waals surface area contributed by atoms with E-state index in [1.807, 2.05) is 45.3 Å². The van der Waals surface area contributed by atoms with Crippen molar-refractivity contribution in [3.63, 3.8) is 0 Å². The van der Waals surface area contributed by atoms with Gasteiger partial charge < -0.3 is 20.3 Å². The van der Waals surface area contributed by atoms with Gasteiger partial charge in [0.2, 0.25) is 11.9 Å². The molecule has 9 nitrogen and oxygen atoms in total. The molecule has 0 unspecified atom stereocenters. The quantitative estimate of drug-likeness (QED) is 0.348. The van der Waals surface area contributed by atoms with Crippen LogP contribution in [-0.2, 0) is 4.79 Å². The minimum absolute atomic E-state index is 0.240. The number of rotatable bonds is 9. The molecule has 0 aliphatic carbocycles. The Kier molecular flexibility index (Phi) is 7.41. The summed E-state index contributed by atoms with van der Waals surface area (Å²) in [5, 5.41) is 6.65. The van der Waals surface area contributed by atoms with Crippen molar-refractivity contribution in [3.8, 4) is 11.4 Å². The number of hydrogen-bond acceptors (Lipinski definition) is 7. The Balaban J connectivity index is 1.65. The number of nitrogens with one attached hydrogen (secondary N) is 2. The Hall–Kier alpha value is -4.50. The highest BCUT2D eigenvalue weighted by Crippen LogP contribution is 2.23. The normalized spacial score (nSPS) is 10.9. The smallest absolute Gasteiger partial charge is 0.257 e. The molecule has 0 aliphatic rings. The number of aromatic nitrogens is 3. The molecule has 0 bridgehead atoms. The van der Waals surface area contributed by atoms with E-state index in [1.54, 1.807) is 36.5 Å². The van der Waals surface area contributed by atoms with Crippen LogP contribution in [0.1, 0.15) is 5.56 Å². The molecule has 0 saturated carbocycles. The highest BCUT2D eigenvalue weighted by atomic mass is 16.5. The Morgan fingerprint density at radius 2 is 1.92 bits per heavy atom. The number of ether oxygens (including phenoxy) is 1. The highest BCUT2D eigenvalue weighted by Gasteiger charge is 2.13. The van der Waals surface area contributed by atoms with Crippen LogP contribution in [0.4, 0.5) is 17.3 Å². The monoisotopic (exact) mass is 484 g/mol. The second kappa shape index (κ2) is 10.8. The third-order valence-electron chi connectivity index (χ3n) is 5.44. The second-order valence-corrected chi connectivity index (χ2v) is 8.48. The molecule has 2 heterocycles. The van der Waals surface area contributed by atoms with E-state index in [9.17, 15) is 9.59 Å². The first-order valence-electron chi connectivity index (χ1n) is 11.4. The van der Waals surface area contributed by atoms with Crippen LogP contribution in [0.5, 0.6) is 5.75 Å². The average Bonchev–Trinajstić information content (AvgIpc) is 2.85. The molecular formula is C27H28N6O3. The van der Waals surface area contributed by atoms with Crippen LogP contribution in [-0.4, -0.2) is 52.6 Å². The molecule has 36 heavy (non-hydrogen) atoms. The van der Waals surface area contributed by atoms with E-state index < -0.39 is 0 Å². The lowest BCUT2D eigenvalue weighted by molar-refractivity contribution is -0.111. The van der Waals surface area contributed by atoms with E-state index in [1.165, 1.54) is 10.6 Å². The number of carbonyl (C=O) groups is 1. The topological polar surface area (TPSA) is 101 Å². The van der Waals surface area contributed by atoms with Crippen molar-refractivity contribution in [2.75, 3.05) is 37.9 Å². The van der Waals surface area contributed by atoms with Crippen LogP contribution in [0.3, 0.4) is 0 Å². The molecule has 1 amide bonds. The second-order valence-electron chi connectivity index (χ2n) is 8.48. The number of aryl methyl sites for hydroxylation is 1. The lowest BCUT2D eigenvalue weighted by Crippen LogP contribution is -2.20. The van der Waals surface area contributed by atoms with E-state index in [0.29, 0.717) is 29.6 Å². The molecule has 184 valence electrons. The number of likely N-dealkylation sites (N-methyl/N-ethyl adjacent to an activating group) is 1. The molecule has 0 spiro atoms. The molecular weight excluding hydrogens is 456 g/mol. The summed E-state index contributed by atoms with van der Waals surface area (Å²) >= 11 is 0. The first kappa shape index (κ1) is 24.6. The van der Waals surface area contributed by atoms with Gasteiger partial charge in [-0.25, -0.2) is 4.98 Å². The zero-order valence-corrected chi connectivity index (χ0v) is 20.5. The summed E-state index contributed by atoms with van der Waals surface area (Å²) in [5.41, 5.74) is 2.87. The van der Waals surface area contributed by atoms with E-state index in [-0.39, 0.29) is 11.5 Å². The lowest BCUT2D eigenvalue weighted by atomic mass is 10.2. The molecule has 2 aromatic heterocycles. The Morgan fingerprint density at radius 1 is 1.14 bits per heavy atom. The maximum atomic E-state index is 13.0. The number of carbonyl (C=O) groups excluding carboxylic acids is 1. The zero-order chi connectivity index (χ0) is 25.7. The van der Waals surface area contributed by atoms with Gasteiger partial charge in [-0.1, -0.05) is 12.6 Å². The largest absolute Gasteiger partial charge is 0.492 e. The summed E-state index contributed by atoms with van der Waals surface area (Å²) in [6.07, 6.45) is 2.88. The molecule has 2 aromatic carbocycles. The molecule has 4 aromatic rings. The van der Waals surface area contributed by atoms with E-state index >= 15 is 0 Å². The minimum Gasteiger partial charge on any atom is -0.492 e. The molecule has 0 radical (unpaired) electrons. The Morgan fingerprint density at radius 3 is 2.64 bits per heavy atom. The van der Waals surface area contributed by atoms with Gasteiger partial charge in [-0.2, -0.15) is 4.98 Å². The highest BCUT2D eigenvalue weighted by molar-refractivity contribution is 5.99. The van der Waals surface area contributed by atoms with Crippen LogP contribution in [0.15, 0.2) is 78.2 Å². The summed E-state index contributed by atoms with van der Waals surface area (Å²) < 4.78 is 7.24. The van der Waals surface area contributed by atoms with E-state index in [0.717, 1.165) is 28.9 Å². The molecule has 0 atom stereocenters. The summed E-state index contributed by atoms with van der Waals surface area (Å²) in [7, 11) is 4.00. The van der Waals surface area contributed by atoms with E-state index in [2.05, 4.69) is 32.1 Å². The minimum atomic E-state index is -0.337. The number of benzene rings is 2. The number of pyridine rings is 1. The van der Waals surface area contributed by atoms with Gasteiger partial charge in [0.25, 0.3) is 5.56 Å². The van der Waals surface area contributed by atoms with Crippen LogP contribution in [0, 0.1) is 6.92 Å². The maximum absolute atomic E-state index is 13.0. The lowest BCUT2D eigenvalue weighted by Gasteiger charge is -2.14. The van der Waals surface area contributed by atoms with Crippen molar-refractivity contribution < 1.29 is 9.53 Å². The van der Waals surface area contributed by atoms with Crippen molar-refractivity contribution in [2.45, 2.75) is 6.92 Å². The molecule has 0 aliphatic heterocycles.